The maximum atomic E-state index is 12.5. The summed E-state index contributed by atoms with van der Waals surface area (Å²) in [5, 5.41) is 9.18. The number of carboxylic acid groups (broad SMARTS) is 1. The van der Waals surface area contributed by atoms with Crippen LogP contribution >= 0.6 is 0 Å². The molecular formula is C17H17N3O3. The summed E-state index contributed by atoms with van der Waals surface area (Å²) in [5.74, 6) is -1.46. The van der Waals surface area contributed by atoms with Crippen molar-refractivity contribution in [2.45, 2.75) is 0 Å². The largest absolute Gasteiger partial charge is 0.478 e. The summed E-state index contributed by atoms with van der Waals surface area (Å²) >= 11 is 0. The summed E-state index contributed by atoms with van der Waals surface area (Å²) in [6.45, 7) is 2.52. The third kappa shape index (κ3) is 3.15. The molecule has 0 bridgehead atoms. The highest BCUT2D eigenvalue weighted by molar-refractivity contribution is 6.03. The fourth-order valence-electron chi connectivity index (χ4n) is 2.70. The monoisotopic (exact) mass is 311 g/mol. The van der Waals surface area contributed by atoms with Crippen LogP contribution in [-0.4, -0.2) is 53.0 Å². The molecule has 6 heteroatoms. The van der Waals surface area contributed by atoms with Crippen LogP contribution in [-0.2, 0) is 0 Å². The number of amides is 1. The van der Waals surface area contributed by atoms with E-state index in [0.717, 1.165) is 5.69 Å². The highest BCUT2D eigenvalue weighted by Gasteiger charge is 2.26. The first kappa shape index (κ1) is 15.0. The van der Waals surface area contributed by atoms with Crippen LogP contribution in [0.15, 0.2) is 48.7 Å². The lowest BCUT2D eigenvalue weighted by molar-refractivity contribution is 0.0669. The predicted molar refractivity (Wildman–Crippen MR) is 85.8 cm³/mol. The highest BCUT2D eigenvalue weighted by Crippen LogP contribution is 2.17. The van der Waals surface area contributed by atoms with Crippen LogP contribution in [0.3, 0.4) is 0 Å². The van der Waals surface area contributed by atoms with Crippen LogP contribution in [0, 0.1) is 0 Å². The van der Waals surface area contributed by atoms with Crippen LogP contribution < -0.4 is 4.90 Å². The van der Waals surface area contributed by atoms with E-state index in [0.29, 0.717) is 26.2 Å². The van der Waals surface area contributed by atoms with Crippen molar-refractivity contribution in [3.05, 3.63) is 59.9 Å². The Hall–Kier alpha value is -2.89. The molecule has 0 unspecified atom stereocenters. The zero-order valence-corrected chi connectivity index (χ0v) is 12.6. The number of para-hydroxylation sites is 1. The fourth-order valence-corrected chi connectivity index (χ4v) is 2.70. The minimum absolute atomic E-state index is 0.00756. The Morgan fingerprint density at radius 2 is 1.65 bits per heavy atom. The van der Waals surface area contributed by atoms with Gasteiger partial charge in [0.15, 0.2) is 0 Å². The Kier molecular flexibility index (Phi) is 4.23. The van der Waals surface area contributed by atoms with Gasteiger partial charge in [0.05, 0.1) is 5.56 Å². The van der Waals surface area contributed by atoms with Crippen molar-refractivity contribution in [1.82, 2.24) is 9.88 Å². The van der Waals surface area contributed by atoms with Gasteiger partial charge in [-0.25, -0.2) is 4.79 Å². The third-order valence-corrected chi connectivity index (χ3v) is 3.93. The smallest absolute Gasteiger partial charge is 0.338 e. The quantitative estimate of drug-likeness (QED) is 0.934. The first-order valence-electron chi connectivity index (χ1n) is 7.44. The van der Waals surface area contributed by atoms with Gasteiger partial charge in [-0.2, -0.15) is 0 Å². The second-order valence-corrected chi connectivity index (χ2v) is 5.32. The second kappa shape index (κ2) is 6.48. The van der Waals surface area contributed by atoms with Crippen molar-refractivity contribution in [2.75, 3.05) is 31.1 Å². The number of benzene rings is 1. The molecule has 1 aromatic heterocycles. The van der Waals surface area contributed by atoms with E-state index < -0.39 is 5.97 Å². The van der Waals surface area contributed by atoms with Crippen molar-refractivity contribution < 1.29 is 14.7 Å². The lowest BCUT2D eigenvalue weighted by Crippen LogP contribution is -2.49. The third-order valence-electron chi connectivity index (χ3n) is 3.93. The molecule has 1 aliphatic rings. The zero-order chi connectivity index (χ0) is 16.2. The van der Waals surface area contributed by atoms with Gasteiger partial charge in [-0.1, -0.05) is 18.2 Å². The standard InChI is InChI=1S/C17H17N3O3/c21-16(15-14(17(22)23)7-4-8-18-15)20-11-9-19(10-12-20)13-5-2-1-3-6-13/h1-8H,9-12H2,(H,22,23). The van der Waals surface area contributed by atoms with Crippen molar-refractivity contribution >= 4 is 17.6 Å². The van der Waals surface area contributed by atoms with Crippen LogP contribution in [0.1, 0.15) is 20.8 Å². The molecule has 0 saturated carbocycles. The number of pyridine rings is 1. The Balaban J connectivity index is 1.71. The van der Waals surface area contributed by atoms with Gasteiger partial charge in [-0.15, -0.1) is 0 Å². The van der Waals surface area contributed by atoms with Gasteiger partial charge in [0, 0.05) is 38.1 Å². The summed E-state index contributed by atoms with van der Waals surface area (Å²) in [6, 6.07) is 12.9. The summed E-state index contributed by atoms with van der Waals surface area (Å²) < 4.78 is 0. The topological polar surface area (TPSA) is 73.7 Å². The normalized spacial score (nSPS) is 14.6. The summed E-state index contributed by atoms with van der Waals surface area (Å²) in [7, 11) is 0. The van der Waals surface area contributed by atoms with E-state index in [-0.39, 0.29) is 17.2 Å². The Bertz CT molecular complexity index is 710. The SMILES string of the molecule is O=C(O)c1cccnc1C(=O)N1CCN(c2ccccc2)CC1. The average Bonchev–Trinajstić information content (AvgIpc) is 2.62. The van der Waals surface area contributed by atoms with E-state index in [4.69, 9.17) is 0 Å². The maximum Gasteiger partial charge on any atom is 0.338 e. The van der Waals surface area contributed by atoms with Crippen molar-refractivity contribution in [1.29, 1.82) is 0 Å². The van der Waals surface area contributed by atoms with Gasteiger partial charge in [-0.05, 0) is 24.3 Å². The molecule has 23 heavy (non-hydrogen) atoms. The molecule has 3 rings (SSSR count). The van der Waals surface area contributed by atoms with E-state index >= 15 is 0 Å². The lowest BCUT2D eigenvalue weighted by Gasteiger charge is -2.36. The number of hydrogen-bond acceptors (Lipinski definition) is 4. The van der Waals surface area contributed by atoms with Crippen molar-refractivity contribution in [3.8, 4) is 0 Å². The van der Waals surface area contributed by atoms with E-state index in [9.17, 15) is 14.7 Å². The summed E-state index contributed by atoms with van der Waals surface area (Å²) in [4.78, 5) is 31.6. The molecule has 2 heterocycles. The first-order valence-corrected chi connectivity index (χ1v) is 7.44. The Morgan fingerprint density at radius 1 is 0.957 bits per heavy atom. The lowest BCUT2D eigenvalue weighted by atomic mass is 10.1. The molecule has 6 nitrogen and oxygen atoms in total. The summed E-state index contributed by atoms with van der Waals surface area (Å²) in [5.41, 5.74) is 1.08. The van der Waals surface area contributed by atoms with Crippen LogP contribution in [0.2, 0.25) is 0 Å². The second-order valence-electron chi connectivity index (χ2n) is 5.32. The highest BCUT2D eigenvalue weighted by atomic mass is 16.4. The number of piperazine rings is 1. The number of carbonyl (C=O) groups is 2. The zero-order valence-electron chi connectivity index (χ0n) is 12.6. The molecule has 0 spiro atoms. The number of carbonyl (C=O) groups excluding carboxylic acids is 1. The molecule has 1 fully saturated rings. The maximum absolute atomic E-state index is 12.5. The molecule has 1 N–H and O–H groups in total. The number of nitrogens with zero attached hydrogens (tertiary/aromatic N) is 3. The van der Waals surface area contributed by atoms with E-state index in [1.807, 2.05) is 30.3 Å². The van der Waals surface area contributed by atoms with Gasteiger partial charge in [0.1, 0.15) is 5.69 Å². The molecule has 1 aliphatic heterocycles. The van der Waals surface area contributed by atoms with Gasteiger partial charge < -0.3 is 14.9 Å². The van der Waals surface area contributed by atoms with Crippen LogP contribution in [0.4, 0.5) is 5.69 Å². The number of carboxylic acids is 1. The molecule has 2 aromatic rings. The number of rotatable bonds is 3. The van der Waals surface area contributed by atoms with Crippen LogP contribution in [0.25, 0.3) is 0 Å². The van der Waals surface area contributed by atoms with Crippen molar-refractivity contribution in [3.63, 3.8) is 0 Å². The molecule has 0 atom stereocenters. The number of aromatic carboxylic acids is 1. The number of aromatic nitrogens is 1. The minimum Gasteiger partial charge on any atom is -0.478 e. The molecular weight excluding hydrogens is 294 g/mol. The molecule has 1 amide bonds. The van der Waals surface area contributed by atoms with Crippen LogP contribution in [0.5, 0.6) is 0 Å². The minimum atomic E-state index is -1.13. The first-order chi connectivity index (χ1) is 11.2. The molecule has 118 valence electrons. The average molecular weight is 311 g/mol. The van der Waals surface area contributed by atoms with Crippen molar-refractivity contribution in [2.24, 2.45) is 0 Å². The fraction of sp³-hybridized carbons (Fsp3) is 0.235. The molecule has 0 aliphatic carbocycles. The number of anilines is 1. The number of hydrogen-bond donors (Lipinski definition) is 1. The predicted octanol–water partition coefficient (Wildman–Crippen LogP) is 1.74. The van der Waals surface area contributed by atoms with Gasteiger partial charge in [0.25, 0.3) is 5.91 Å². The summed E-state index contributed by atoms with van der Waals surface area (Å²) in [6.07, 6.45) is 1.44. The van der Waals surface area contributed by atoms with Gasteiger partial charge in [0.2, 0.25) is 0 Å². The van der Waals surface area contributed by atoms with E-state index in [1.54, 1.807) is 4.90 Å². The molecule has 1 saturated heterocycles. The Morgan fingerprint density at radius 3 is 2.30 bits per heavy atom. The van der Waals surface area contributed by atoms with Gasteiger partial charge >= 0.3 is 5.97 Å². The molecule has 1 aromatic carbocycles. The molecule has 0 radical (unpaired) electrons. The van der Waals surface area contributed by atoms with Gasteiger partial charge in [-0.3, -0.25) is 9.78 Å². The van der Waals surface area contributed by atoms with E-state index in [2.05, 4.69) is 9.88 Å². The Labute approximate surface area is 134 Å². The van der Waals surface area contributed by atoms with E-state index in [1.165, 1.54) is 18.3 Å².